The van der Waals surface area contributed by atoms with Gasteiger partial charge in [-0.2, -0.15) is 8.42 Å². The highest BCUT2D eigenvalue weighted by atomic mass is 32.2. The van der Waals surface area contributed by atoms with Gasteiger partial charge in [-0.05, 0) is 51.1 Å². The van der Waals surface area contributed by atoms with Crippen LogP contribution in [0, 0.1) is 6.92 Å². The van der Waals surface area contributed by atoms with E-state index in [-0.39, 0.29) is 35.0 Å². The topological polar surface area (TPSA) is 96.0 Å². The zero-order chi connectivity index (χ0) is 20.0. The molecule has 0 atom stereocenters. The van der Waals surface area contributed by atoms with Crippen molar-refractivity contribution in [3.63, 3.8) is 0 Å². The molecule has 27 heavy (non-hydrogen) atoms. The summed E-state index contributed by atoms with van der Waals surface area (Å²) in [5.41, 5.74) is 0.857. The number of ether oxygens (including phenoxy) is 2. The second kappa shape index (κ2) is 8.68. The molecule has 8 heteroatoms. The number of hydrogen-bond donors (Lipinski definition) is 0. The molecule has 0 radical (unpaired) electrons. The molecule has 144 valence electrons. The summed E-state index contributed by atoms with van der Waals surface area (Å²) in [7, 11) is -4.14. The summed E-state index contributed by atoms with van der Waals surface area (Å²) in [5, 5.41) is 0. The first-order chi connectivity index (χ1) is 12.8. The van der Waals surface area contributed by atoms with Gasteiger partial charge >= 0.3 is 22.1 Å². The maximum atomic E-state index is 12.5. The molecule has 0 saturated heterocycles. The van der Waals surface area contributed by atoms with Gasteiger partial charge in [-0.3, -0.25) is 0 Å². The zero-order valence-corrected chi connectivity index (χ0v) is 16.0. The lowest BCUT2D eigenvalue weighted by molar-refractivity contribution is 0.0524. The Morgan fingerprint density at radius 3 is 1.78 bits per heavy atom. The van der Waals surface area contributed by atoms with Crippen LogP contribution >= 0.6 is 0 Å². The number of benzene rings is 2. The standard InChI is InChI=1S/C19H20O7S/c1-4-24-18(20)14-10-15(19(21)25-5-2)12-16(11-14)26-27(22,23)17-8-6-13(3)7-9-17/h6-12H,4-5H2,1-3H3. The number of hydrogen-bond acceptors (Lipinski definition) is 7. The van der Waals surface area contributed by atoms with E-state index in [0.29, 0.717) is 0 Å². The van der Waals surface area contributed by atoms with Gasteiger partial charge in [-0.25, -0.2) is 9.59 Å². The minimum absolute atomic E-state index is 0.0171. The molecule has 0 saturated carbocycles. The molecular formula is C19H20O7S. The Morgan fingerprint density at radius 2 is 1.33 bits per heavy atom. The molecule has 0 amide bonds. The fourth-order valence-electron chi connectivity index (χ4n) is 2.19. The van der Waals surface area contributed by atoms with Gasteiger partial charge in [0, 0.05) is 0 Å². The molecule has 7 nitrogen and oxygen atoms in total. The number of aryl methyl sites for hydroxylation is 1. The first-order valence-corrected chi connectivity index (χ1v) is 9.68. The first-order valence-electron chi connectivity index (χ1n) is 8.27. The second-order valence-corrected chi connectivity index (χ2v) is 7.08. The lowest BCUT2D eigenvalue weighted by Crippen LogP contribution is -2.13. The van der Waals surface area contributed by atoms with Gasteiger partial charge in [0.25, 0.3) is 0 Å². The highest BCUT2D eigenvalue weighted by molar-refractivity contribution is 7.87. The predicted octanol–water partition coefficient (Wildman–Crippen LogP) is 3.12. The van der Waals surface area contributed by atoms with Crippen molar-refractivity contribution in [2.45, 2.75) is 25.7 Å². The van der Waals surface area contributed by atoms with E-state index < -0.39 is 22.1 Å². The summed E-state index contributed by atoms with van der Waals surface area (Å²) in [4.78, 5) is 24.0. The fourth-order valence-corrected chi connectivity index (χ4v) is 3.11. The van der Waals surface area contributed by atoms with Gasteiger partial charge in [0.15, 0.2) is 0 Å². The number of rotatable bonds is 7. The third kappa shape index (κ3) is 5.30. The first kappa shape index (κ1) is 20.4. The molecule has 2 rings (SSSR count). The molecule has 0 aliphatic rings. The zero-order valence-electron chi connectivity index (χ0n) is 15.2. The number of carbonyl (C=O) groups is 2. The van der Waals surface area contributed by atoms with Gasteiger partial charge in [0.1, 0.15) is 10.6 Å². The lowest BCUT2D eigenvalue weighted by atomic mass is 10.1. The third-order valence-electron chi connectivity index (χ3n) is 3.44. The Hall–Kier alpha value is -2.87. The van der Waals surface area contributed by atoms with Gasteiger partial charge in [0.05, 0.1) is 24.3 Å². The summed E-state index contributed by atoms with van der Waals surface area (Å²) < 4.78 is 39.9. The van der Waals surface area contributed by atoms with E-state index in [2.05, 4.69) is 0 Å². The van der Waals surface area contributed by atoms with Crippen molar-refractivity contribution in [2.24, 2.45) is 0 Å². The smallest absolute Gasteiger partial charge is 0.339 e. The molecule has 0 aliphatic carbocycles. The summed E-state index contributed by atoms with van der Waals surface area (Å²) in [6.45, 7) is 5.34. The highest BCUT2D eigenvalue weighted by Crippen LogP contribution is 2.23. The lowest BCUT2D eigenvalue weighted by Gasteiger charge is -2.11. The van der Waals surface area contributed by atoms with Crippen LogP contribution in [0.1, 0.15) is 40.1 Å². The Kier molecular flexibility index (Phi) is 6.57. The normalized spacial score (nSPS) is 10.9. The van der Waals surface area contributed by atoms with Crippen LogP contribution in [0.25, 0.3) is 0 Å². The van der Waals surface area contributed by atoms with E-state index in [1.54, 1.807) is 26.0 Å². The maximum Gasteiger partial charge on any atom is 0.339 e. The van der Waals surface area contributed by atoms with E-state index in [1.165, 1.54) is 30.3 Å². The SMILES string of the molecule is CCOC(=O)c1cc(OS(=O)(=O)c2ccc(C)cc2)cc(C(=O)OCC)c1. The van der Waals surface area contributed by atoms with Gasteiger partial charge in [-0.15, -0.1) is 0 Å². The molecular weight excluding hydrogens is 372 g/mol. The Morgan fingerprint density at radius 1 is 0.852 bits per heavy atom. The van der Waals surface area contributed by atoms with Crippen LogP contribution in [0.4, 0.5) is 0 Å². The summed E-state index contributed by atoms with van der Waals surface area (Å²) >= 11 is 0. The van der Waals surface area contributed by atoms with Crippen molar-refractivity contribution in [2.75, 3.05) is 13.2 Å². The molecule has 2 aromatic carbocycles. The summed E-state index contributed by atoms with van der Waals surface area (Å²) in [6, 6.07) is 9.75. The van der Waals surface area contributed by atoms with Gasteiger partial charge < -0.3 is 13.7 Å². The molecule has 0 spiro atoms. The largest absolute Gasteiger partial charge is 0.462 e. The predicted molar refractivity (Wildman–Crippen MR) is 97.3 cm³/mol. The average Bonchev–Trinajstić information content (AvgIpc) is 2.62. The van der Waals surface area contributed by atoms with Crippen LogP contribution in [-0.2, 0) is 19.6 Å². The maximum absolute atomic E-state index is 12.5. The van der Waals surface area contributed by atoms with Crippen molar-refractivity contribution in [3.05, 3.63) is 59.2 Å². The molecule has 0 fully saturated rings. The number of esters is 2. The molecule has 0 aromatic heterocycles. The van der Waals surface area contributed by atoms with E-state index >= 15 is 0 Å². The van der Waals surface area contributed by atoms with Crippen LogP contribution in [0.3, 0.4) is 0 Å². The van der Waals surface area contributed by atoms with Crippen LogP contribution < -0.4 is 4.18 Å². The summed E-state index contributed by atoms with van der Waals surface area (Å²) in [5.74, 6) is -1.60. The van der Waals surface area contributed by atoms with Crippen molar-refractivity contribution in [1.29, 1.82) is 0 Å². The molecule has 0 unspecified atom stereocenters. The molecule has 0 bridgehead atoms. The Bertz CT molecular complexity index is 895. The van der Waals surface area contributed by atoms with Crippen molar-refractivity contribution in [3.8, 4) is 5.75 Å². The number of carbonyl (C=O) groups excluding carboxylic acids is 2. The minimum atomic E-state index is -4.14. The van der Waals surface area contributed by atoms with Gasteiger partial charge in [0.2, 0.25) is 0 Å². The molecule has 0 heterocycles. The monoisotopic (exact) mass is 392 g/mol. The fraction of sp³-hybridized carbons (Fsp3) is 0.263. The van der Waals surface area contributed by atoms with E-state index in [9.17, 15) is 18.0 Å². The third-order valence-corrected chi connectivity index (χ3v) is 4.71. The van der Waals surface area contributed by atoms with Crippen LogP contribution in [0.5, 0.6) is 5.75 Å². The van der Waals surface area contributed by atoms with Gasteiger partial charge in [-0.1, -0.05) is 17.7 Å². The van der Waals surface area contributed by atoms with Crippen LogP contribution in [0.15, 0.2) is 47.4 Å². The highest BCUT2D eigenvalue weighted by Gasteiger charge is 2.20. The van der Waals surface area contributed by atoms with Crippen LogP contribution in [-0.4, -0.2) is 33.6 Å². The van der Waals surface area contributed by atoms with E-state index in [0.717, 1.165) is 5.56 Å². The van der Waals surface area contributed by atoms with Crippen molar-refractivity contribution in [1.82, 2.24) is 0 Å². The molecule has 2 aromatic rings. The Balaban J connectivity index is 2.43. The van der Waals surface area contributed by atoms with E-state index in [1.807, 2.05) is 6.92 Å². The summed E-state index contributed by atoms with van der Waals surface area (Å²) in [6.07, 6.45) is 0. The van der Waals surface area contributed by atoms with Crippen LogP contribution in [0.2, 0.25) is 0 Å². The molecule has 0 N–H and O–H groups in total. The average molecular weight is 392 g/mol. The van der Waals surface area contributed by atoms with E-state index in [4.69, 9.17) is 13.7 Å². The second-order valence-electron chi connectivity index (χ2n) is 5.54. The quantitative estimate of drug-likeness (QED) is 0.528. The molecule has 0 aliphatic heterocycles. The Labute approximate surface area is 158 Å². The van der Waals surface area contributed by atoms with Crippen molar-refractivity contribution >= 4 is 22.1 Å². The minimum Gasteiger partial charge on any atom is -0.462 e. The van der Waals surface area contributed by atoms with Crippen molar-refractivity contribution < 1.29 is 31.7 Å².